The van der Waals surface area contributed by atoms with E-state index in [1.54, 1.807) is 6.26 Å². The molecule has 2 aromatic heterocycles. The largest absolute Gasteiger partial charge is 0.367 e. The van der Waals surface area contributed by atoms with Crippen LogP contribution in [0.5, 0.6) is 0 Å². The van der Waals surface area contributed by atoms with E-state index in [-0.39, 0.29) is 22.8 Å². The van der Waals surface area contributed by atoms with E-state index in [0.29, 0.717) is 5.92 Å². The van der Waals surface area contributed by atoms with Crippen molar-refractivity contribution in [1.29, 1.82) is 0 Å². The van der Waals surface area contributed by atoms with E-state index in [0.717, 1.165) is 82.2 Å². The Balaban J connectivity index is 1.40. The summed E-state index contributed by atoms with van der Waals surface area (Å²) in [6, 6.07) is 2.16. The molecule has 1 N–H and O–H groups in total. The summed E-state index contributed by atoms with van der Waals surface area (Å²) in [5.41, 5.74) is 3.80. The minimum atomic E-state index is 0.0288. The van der Waals surface area contributed by atoms with Crippen LogP contribution >= 0.6 is 0 Å². The SMILES string of the molecule is C=CC(=O)N1CC2(CCN(c3nc4c(c(N[C@H](Cc5ccon5)CC(C)C)n3)CCC(C)(C)C4)C2)C1. The highest BCUT2D eigenvalue weighted by atomic mass is 16.5. The molecule has 194 valence electrons. The van der Waals surface area contributed by atoms with Crippen LogP contribution in [0, 0.1) is 16.7 Å². The van der Waals surface area contributed by atoms with Gasteiger partial charge in [0.15, 0.2) is 0 Å². The molecule has 36 heavy (non-hydrogen) atoms. The molecule has 0 unspecified atom stereocenters. The fourth-order valence-electron chi connectivity index (χ4n) is 6.16. The van der Waals surface area contributed by atoms with Crippen LogP contribution in [0.4, 0.5) is 11.8 Å². The number of fused-ring (bicyclic) bond motifs is 1. The third-order valence-electron chi connectivity index (χ3n) is 8.08. The van der Waals surface area contributed by atoms with Crippen molar-refractivity contribution in [2.24, 2.45) is 16.7 Å². The maximum atomic E-state index is 12.0. The molecule has 0 saturated carbocycles. The van der Waals surface area contributed by atoms with Crippen LogP contribution < -0.4 is 10.2 Å². The molecule has 1 amide bonds. The number of likely N-dealkylation sites (tertiary alicyclic amines) is 1. The highest BCUT2D eigenvalue weighted by molar-refractivity contribution is 5.87. The Labute approximate surface area is 214 Å². The zero-order valence-electron chi connectivity index (χ0n) is 22.2. The molecular weight excluding hydrogens is 452 g/mol. The maximum Gasteiger partial charge on any atom is 0.245 e. The van der Waals surface area contributed by atoms with Gasteiger partial charge < -0.3 is 19.6 Å². The summed E-state index contributed by atoms with van der Waals surface area (Å²) in [5, 5.41) is 7.98. The Kier molecular flexibility index (Phi) is 6.55. The summed E-state index contributed by atoms with van der Waals surface area (Å²) in [6.45, 7) is 16.2. The third kappa shape index (κ3) is 5.13. The number of amides is 1. The van der Waals surface area contributed by atoms with E-state index in [1.807, 2.05) is 11.0 Å². The summed E-state index contributed by atoms with van der Waals surface area (Å²) in [6.07, 6.45) is 9.03. The lowest BCUT2D eigenvalue weighted by atomic mass is 9.76. The van der Waals surface area contributed by atoms with Gasteiger partial charge in [-0.2, -0.15) is 4.98 Å². The number of carbonyl (C=O) groups is 1. The quantitative estimate of drug-likeness (QED) is 0.551. The third-order valence-corrected chi connectivity index (χ3v) is 8.08. The van der Waals surface area contributed by atoms with E-state index < -0.39 is 0 Å². The van der Waals surface area contributed by atoms with E-state index in [2.05, 4.69) is 49.6 Å². The van der Waals surface area contributed by atoms with Gasteiger partial charge >= 0.3 is 0 Å². The first-order valence-electron chi connectivity index (χ1n) is 13.4. The van der Waals surface area contributed by atoms with Crippen molar-refractivity contribution in [3.63, 3.8) is 0 Å². The standard InChI is InChI=1S/C28H40N6O2/c1-6-24(35)34-17-28(18-34)10-11-33(16-28)26-30-23-15-27(4,5)9-7-22(23)25(31-26)29-21(13-19(2)3)14-20-8-12-36-32-20/h6,8,12,19,21H,1,7,9-11,13-18H2,2-5H3,(H,29,30,31)/t21-/m0/s1. The predicted molar refractivity (Wildman–Crippen MR) is 141 cm³/mol. The van der Waals surface area contributed by atoms with E-state index in [1.165, 1.54) is 17.3 Å². The number of nitrogens with zero attached hydrogens (tertiary/aromatic N) is 5. The van der Waals surface area contributed by atoms with Crippen LogP contribution in [0.1, 0.15) is 63.9 Å². The smallest absolute Gasteiger partial charge is 0.245 e. The van der Waals surface area contributed by atoms with Crippen molar-refractivity contribution >= 4 is 17.7 Å². The van der Waals surface area contributed by atoms with Crippen LogP contribution in [0.3, 0.4) is 0 Å². The van der Waals surface area contributed by atoms with Crippen molar-refractivity contribution in [3.8, 4) is 0 Å². The number of carbonyl (C=O) groups excluding carboxylic acids is 1. The summed E-state index contributed by atoms with van der Waals surface area (Å²) in [7, 11) is 0. The molecule has 2 fully saturated rings. The first-order valence-corrected chi connectivity index (χ1v) is 13.4. The molecule has 5 rings (SSSR count). The summed E-state index contributed by atoms with van der Waals surface area (Å²) in [4.78, 5) is 26.5. The number of nitrogens with one attached hydrogen (secondary N) is 1. The monoisotopic (exact) mass is 492 g/mol. The lowest BCUT2D eigenvalue weighted by molar-refractivity contribution is -0.136. The molecule has 2 saturated heterocycles. The van der Waals surface area contributed by atoms with Crippen LogP contribution in [0.25, 0.3) is 0 Å². The minimum absolute atomic E-state index is 0.0288. The van der Waals surface area contributed by atoms with Gasteiger partial charge in [0, 0.05) is 55.7 Å². The Hall–Kier alpha value is -2.90. The van der Waals surface area contributed by atoms with Crippen molar-refractivity contribution in [3.05, 3.63) is 41.9 Å². The minimum Gasteiger partial charge on any atom is -0.367 e. The van der Waals surface area contributed by atoms with Gasteiger partial charge in [0.2, 0.25) is 11.9 Å². The van der Waals surface area contributed by atoms with Gasteiger partial charge in [-0.15, -0.1) is 0 Å². The van der Waals surface area contributed by atoms with Gasteiger partial charge in [0.1, 0.15) is 12.1 Å². The normalized spacial score (nSPS) is 20.8. The summed E-state index contributed by atoms with van der Waals surface area (Å²) < 4.78 is 5.10. The Bertz CT molecular complexity index is 1100. The zero-order valence-corrected chi connectivity index (χ0v) is 22.2. The van der Waals surface area contributed by atoms with Crippen LogP contribution in [0.15, 0.2) is 29.5 Å². The second kappa shape index (κ2) is 9.52. The molecular formula is C28H40N6O2. The Morgan fingerprint density at radius 3 is 2.75 bits per heavy atom. The molecule has 0 bridgehead atoms. The molecule has 1 atom stereocenters. The number of hydrogen-bond donors (Lipinski definition) is 1. The number of hydrogen-bond acceptors (Lipinski definition) is 7. The molecule has 0 aromatic carbocycles. The van der Waals surface area contributed by atoms with Crippen LogP contribution in [-0.4, -0.2) is 58.2 Å². The van der Waals surface area contributed by atoms with Gasteiger partial charge in [0.25, 0.3) is 0 Å². The van der Waals surface area contributed by atoms with E-state index >= 15 is 0 Å². The Morgan fingerprint density at radius 2 is 2.06 bits per heavy atom. The van der Waals surface area contributed by atoms with Gasteiger partial charge in [-0.25, -0.2) is 4.98 Å². The first kappa shape index (κ1) is 24.8. The summed E-state index contributed by atoms with van der Waals surface area (Å²) >= 11 is 0. The van der Waals surface area contributed by atoms with Crippen molar-refractivity contribution in [2.45, 2.75) is 72.3 Å². The second-order valence-corrected chi connectivity index (χ2v) is 12.4. The Morgan fingerprint density at radius 1 is 1.25 bits per heavy atom. The zero-order chi connectivity index (χ0) is 25.5. The predicted octanol–water partition coefficient (Wildman–Crippen LogP) is 4.27. The van der Waals surface area contributed by atoms with Gasteiger partial charge in [-0.05, 0) is 49.5 Å². The molecule has 2 aromatic rings. The van der Waals surface area contributed by atoms with Crippen molar-refractivity contribution < 1.29 is 9.32 Å². The highest BCUT2D eigenvalue weighted by Crippen LogP contribution is 2.42. The van der Waals surface area contributed by atoms with E-state index in [9.17, 15) is 4.79 Å². The summed E-state index contributed by atoms with van der Waals surface area (Å²) in [5.74, 6) is 2.38. The lowest BCUT2D eigenvalue weighted by Gasteiger charge is -2.47. The van der Waals surface area contributed by atoms with Gasteiger partial charge in [-0.3, -0.25) is 4.79 Å². The highest BCUT2D eigenvalue weighted by Gasteiger charge is 2.49. The van der Waals surface area contributed by atoms with Gasteiger partial charge in [0.05, 0.1) is 11.4 Å². The molecule has 3 aliphatic rings. The molecule has 2 aliphatic heterocycles. The number of anilines is 2. The number of rotatable bonds is 8. The first-order chi connectivity index (χ1) is 17.2. The molecule has 0 radical (unpaired) electrons. The van der Waals surface area contributed by atoms with Crippen LogP contribution in [0.2, 0.25) is 0 Å². The lowest BCUT2D eigenvalue weighted by Crippen LogP contribution is -2.59. The topological polar surface area (TPSA) is 87.4 Å². The molecule has 8 nitrogen and oxygen atoms in total. The van der Waals surface area contributed by atoms with Crippen LogP contribution in [-0.2, 0) is 24.1 Å². The number of aromatic nitrogens is 3. The molecule has 1 spiro atoms. The molecule has 1 aliphatic carbocycles. The van der Waals surface area contributed by atoms with Crippen molar-refractivity contribution in [1.82, 2.24) is 20.0 Å². The average molecular weight is 493 g/mol. The average Bonchev–Trinajstić information content (AvgIpc) is 3.46. The fraction of sp³-hybridized carbons (Fsp3) is 0.643. The second-order valence-electron chi connectivity index (χ2n) is 12.4. The molecule has 8 heteroatoms. The van der Waals surface area contributed by atoms with E-state index in [4.69, 9.17) is 14.5 Å². The fourth-order valence-corrected chi connectivity index (χ4v) is 6.16. The van der Waals surface area contributed by atoms with Crippen molar-refractivity contribution in [2.75, 3.05) is 36.4 Å². The molecule has 4 heterocycles. The van der Waals surface area contributed by atoms with Gasteiger partial charge in [-0.1, -0.05) is 39.4 Å². The maximum absolute atomic E-state index is 12.0.